The van der Waals surface area contributed by atoms with Crippen LogP contribution in [0.15, 0.2) is 54.7 Å². The quantitative estimate of drug-likeness (QED) is 0.518. The lowest BCUT2D eigenvalue weighted by Gasteiger charge is -2.45. The van der Waals surface area contributed by atoms with E-state index in [1.165, 1.54) is 12.1 Å². The number of halogens is 1. The number of aromatic nitrogens is 1. The Hall–Kier alpha value is -3.52. The number of piperidine rings is 1. The van der Waals surface area contributed by atoms with Crippen molar-refractivity contribution in [3.8, 4) is 22.9 Å². The number of hydrogen-bond donors (Lipinski definition) is 0. The first-order valence-electron chi connectivity index (χ1n) is 11.7. The van der Waals surface area contributed by atoms with Crippen LogP contribution in [0.5, 0.6) is 17.2 Å². The molecule has 1 fully saturated rings. The van der Waals surface area contributed by atoms with Crippen molar-refractivity contribution in [3.63, 3.8) is 0 Å². The first-order chi connectivity index (χ1) is 16.9. The molecule has 7 nitrogen and oxygen atoms in total. The highest BCUT2D eigenvalue weighted by molar-refractivity contribution is 5.95. The maximum atomic E-state index is 13.9. The molecule has 1 spiro atoms. The Kier molecular flexibility index (Phi) is 6.15. The molecule has 1 atom stereocenters. The van der Waals surface area contributed by atoms with Gasteiger partial charge in [-0.05, 0) is 49.4 Å². The molecule has 2 aliphatic heterocycles. The number of carbonyl (C=O) groups is 1. The van der Waals surface area contributed by atoms with Crippen molar-refractivity contribution in [2.45, 2.75) is 31.5 Å². The summed E-state index contributed by atoms with van der Waals surface area (Å²) in [6.45, 7) is 3.38. The highest BCUT2D eigenvalue weighted by Crippen LogP contribution is 2.45. The maximum Gasteiger partial charge on any atom is 0.253 e. The predicted octanol–water partition coefficient (Wildman–Crippen LogP) is 4.56. The van der Waals surface area contributed by atoms with Crippen molar-refractivity contribution in [3.05, 3.63) is 71.8 Å². The third-order valence-corrected chi connectivity index (χ3v) is 6.70. The molecule has 2 aromatic carbocycles. The minimum absolute atomic E-state index is 0.0766. The number of nitrogens with zero attached hydrogens (tertiary/aromatic N) is 2. The van der Waals surface area contributed by atoms with Crippen LogP contribution in [0.25, 0.3) is 5.69 Å². The Morgan fingerprint density at radius 2 is 1.91 bits per heavy atom. The standard InChI is InChI=1S/C27H29FN2O5/c1-18(17-32-2)34-22-9-6-19(15-24(22)33-3)26(31)29-13-10-27(11-14-29)25-5-4-12-30(25)21-8-7-20(28)16-23(21)35-27/h4-9,12,15-16,18H,10-11,13-14,17H2,1-3H3/t18-/m1/s1. The molecule has 0 saturated carbocycles. The Balaban J connectivity index is 1.32. The Bertz CT molecular complexity index is 1230. The average Bonchev–Trinajstić information content (AvgIpc) is 3.36. The van der Waals surface area contributed by atoms with E-state index in [9.17, 15) is 9.18 Å². The van der Waals surface area contributed by atoms with Crippen molar-refractivity contribution < 1.29 is 28.1 Å². The molecular weight excluding hydrogens is 451 g/mol. The lowest BCUT2D eigenvalue weighted by molar-refractivity contribution is -0.00951. The SMILES string of the molecule is COC[C@@H](C)Oc1ccc(C(=O)N2CCC3(CC2)Oc2cc(F)ccc2-n2cccc23)cc1OC. The van der Waals surface area contributed by atoms with Gasteiger partial charge in [0.2, 0.25) is 0 Å². The van der Waals surface area contributed by atoms with Gasteiger partial charge < -0.3 is 28.4 Å². The minimum Gasteiger partial charge on any atom is -0.493 e. The fourth-order valence-corrected chi connectivity index (χ4v) is 4.99. The molecule has 0 bridgehead atoms. The van der Waals surface area contributed by atoms with Gasteiger partial charge >= 0.3 is 0 Å². The topological polar surface area (TPSA) is 62.2 Å². The number of hydrogen-bond acceptors (Lipinski definition) is 5. The van der Waals surface area contributed by atoms with Crippen molar-refractivity contribution >= 4 is 5.91 Å². The summed E-state index contributed by atoms with van der Waals surface area (Å²) in [4.78, 5) is 15.2. The van der Waals surface area contributed by atoms with Crippen LogP contribution in [-0.4, -0.2) is 55.4 Å². The van der Waals surface area contributed by atoms with Gasteiger partial charge in [-0.15, -0.1) is 0 Å². The van der Waals surface area contributed by atoms with Gasteiger partial charge in [-0.25, -0.2) is 4.39 Å². The van der Waals surface area contributed by atoms with Gasteiger partial charge in [0.15, 0.2) is 17.1 Å². The largest absolute Gasteiger partial charge is 0.493 e. The zero-order valence-electron chi connectivity index (χ0n) is 20.1. The smallest absolute Gasteiger partial charge is 0.253 e. The van der Waals surface area contributed by atoms with E-state index in [-0.39, 0.29) is 17.8 Å². The summed E-state index contributed by atoms with van der Waals surface area (Å²) < 4.78 is 38.9. The normalized spacial score (nSPS) is 16.7. The second-order valence-electron chi connectivity index (χ2n) is 9.01. The van der Waals surface area contributed by atoms with E-state index < -0.39 is 5.60 Å². The van der Waals surface area contributed by atoms with Crippen molar-refractivity contribution in [2.24, 2.45) is 0 Å². The first-order valence-corrected chi connectivity index (χ1v) is 11.7. The molecule has 3 aromatic rings. The van der Waals surface area contributed by atoms with E-state index in [2.05, 4.69) is 4.57 Å². The number of fused-ring (bicyclic) bond motifs is 4. The number of likely N-dealkylation sites (tertiary alicyclic amines) is 1. The lowest BCUT2D eigenvalue weighted by atomic mass is 9.86. The van der Waals surface area contributed by atoms with Crippen molar-refractivity contribution in [1.29, 1.82) is 0 Å². The van der Waals surface area contributed by atoms with Gasteiger partial charge in [0, 0.05) is 50.9 Å². The van der Waals surface area contributed by atoms with Crippen LogP contribution < -0.4 is 14.2 Å². The van der Waals surface area contributed by atoms with Crippen molar-refractivity contribution in [2.75, 3.05) is 33.9 Å². The molecule has 0 aliphatic carbocycles. The predicted molar refractivity (Wildman–Crippen MR) is 128 cm³/mol. The summed E-state index contributed by atoms with van der Waals surface area (Å²) in [6.07, 6.45) is 3.02. The minimum atomic E-state index is -0.603. The second-order valence-corrected chi connectivity index (χ2v) is 9.01. The van der Waals surface area contributed by atoms with Gasteiger partial charge in [-0.1, -0.05) is 0 Å². The maximum absolute atomic E-state index is 13.9. The van der Waals surface area contributed by atoms with Gasteiger partial charge in [0.25, 0.3) is 5.91 Å². The van der Waals surface area contributed by atoms with Crippen molar-refractivity contribution in [1.82, 2.24) is 9.47 Å². The van der Waals surface area contributed by atoms with E-state index in [0.29, 0.717) is 55.4 Å². The highest BCUT2D eigenvalue weighted by Gasteiger charge is 2.44. The number of amides is 1. The van der Waals surface area contributed by atoms with Crippen LogP contribution in [0.2, 0.25) is 0 Å². The van der Waals surface area contributed by atoms with Gasteiger partial charge in [-0.2, -0.15) is 0 Å². The van der Waals surface area contributed by atoms with Crippen LogP contribution in [0, 0.1) is 5.82 Å². The zero-order chi connectivity index (χ0) is 24.6. The number of carbonyl (C=O) groups excluding carboxylic acids is 1. The van der Waals surface area contributed by atoms with E-state index in [0.717, 1.165) is 11.4 Å². The number of ether oxygens (including phenoxy) is 4. The van der Waals surface area contributed by atoms with E-state index in [4.69, 9.17) is 18.9 Å². The monoisotopic (exact) mass is 480 g/mol. The van der Waals surface area contributed by atoms with E-state index in [1.54, 1.807) is 38.5 Å². The molecule has 8 heteroatoms. The van der Waals surface area contributed by atoms with E-state index in [1.807, 2.05) is 30.2 Å². The molecular formula is C27H29FN2O5. The molecule has 1 aromatic heterocycles. The summed E-state index contributed by atoms with van der Waals surface area (Å²) in [5.41, 5.74) is 1.78. The fraction of sp³-hybridized carbons (Fsp3) is 0.370. The molecule has 2 aliphatic rings. The molecule has 5 rings (SSSR count). The number of rotatable bonds is 6. The highest BCUT2D eigenvalue weighted by atomic mass is 19.1. The van der Waals surface area contributed by atoms with Gasteiger partial charge in [0.1, 0.15) is 17.7 Å². The molecule has 0 radical (unpaired) electrons. The fourth-order valence-electron chi connectivity index (χ4n) is 4.99. The molecule has 1 saturated heterocycles. The molecule has 1 amide bonds. The summed E-state index contributed by atoms with van der Waals surface area (Å²) in [5.74, 6) is 1.18. The Morgan fingerprint density at radius 1 is 1.11 bits per heavy atom. The molecule has 184 valence electrons. The van der Waals surface area contributed by atoms with Crippen LogP contribution in [0.3, 0.4) is 0 Å². The summed E-state index contributed by atoms with van der Waals surface area (Å²) in [6, 6.07) is 13.8. The number of methoxy groups -OCH3 is 2. The summed E-state index contributed by atoms with van der Waals surface area (Å²) >= 11 is 0. The first kappa shape index (κ1) is 23.2. The van der Waals surface area contributed by atoms with Crippen LogP contribution in [0.1, 0.15) is 35.8 Å². The molecule has 3 heterocycles. The third kappa shape index (κ3) is 4.23. The van der Waals surface area contributed by atoms with Gasteiger partial charge in [0.05, 0.1) is 25.1 Å². The Morgan fingerprint density at radius 3 is 2.66 bits per heavy atom. The Labute approximate surface area is 204 Å². The van der Waals surface area contributed by atoms with Crippen LogP contribution >= 0.6 is 0 Å². The number of benzene rings is 2. The van der Waals surface area contributed by atoms with E-state index >= 15 is 0 Å². The zero-order valence-corrected chi connectivity index (χ0v) is 20.1. The van der Waals surface area contributed by atoms with Crippen LogP contribution in [0.4, 0.5) is 4.39 Å². The summed E-state index contributed by atoms with van der Waals surface area (Å²) in [5, 5.41) is 0. The molecule has 0 N–H and O–H groups in total. The summed E-state index contributed by atoms with van der Waals surface area (Å²) in [7, 11) is 3.17. The molecule has 35 heavy (non-hydrogen) atoms. The average molecular weight is 481 g/mol. The van der Waals surface area contributed by atoms with Gasteiger partial charge in [-0.3, -0.25) is 4.79 Å². The second kappa shape index (κ2) is 9.26. The third-order valence-electron chi connectivity index (χ3n) is 6.70. The van der Waals surface area contributed by atoms with Crippen LogP contribution in [-0.2, 0) is 10.3 Å². The molecule has 0 unspecified atom stereocenters. The lowest BCUT2D eigenvalue weighted by Crippen LogP contribution is -2.50.